The van der Waals surface area contributed by atoms with Gasteiger partial charge in [-0.2, -0.15) is 5.10 Å². The third kappa shape index (κ3) is 2.66. The van der Waals surface area contributed by atoms with E-state index in [1.165, 1.54) is 0 Å². The molecule has 1 fully saturated rings. The van der Waals surface area contributed by atoms with Gasteiger partial charge in [-0.15, -0.1) is 0 Å². The van der Waals surface area contributed by atoms with Gasteiger partial charge in [0.25, 0.3) is 0 Å². The fourth-order valence-electron chi connectivity index (χ4n) is 2.16. The fourth-order valence-corrected chi connectivity index (χ4v) is 2.16. The first kappa shape index (κ1) is 12.1. The molecule has 0 aromatic carbocycles. The van der Waals surface area contributed by atoms with E-state index in [1.54, 1.807) is 25.0 Å². The molecule has 0 radical (unpaired) electrons. The fraction of sp³-hybridized carbons (Fsp3) is 0.667. The molecule has 0 amide bonds. The summed E-state index contributed by atoms with van der Waals surface area (Å²) in [5.41, 5.74) is 0.529. The molecule has 1 unspecified atom stereocenters. The summed E-state index contributed by atoms with van der Waals surface area (Å²) in [7, 11) is 3.29. The van der Waals surface area contributed by atoms with Crippen molar-refractivity contribution in [2.45, 2.75) is 31.8 Å². The summed E-state index contributed by atoms with van der Waals surface area (Å²) in [6, 6.07) is 0. The van der Waals surface area contributed by atoms with Gasteiger partial charge in [0.05, 0.1) is 19.4 Å². The normalized spacial score (nSPS) is 20.2. The maximum absolute atomic E-state index is 12.2. The predicted octanol–water partition coefficient (Wildman–Crippen LogP) is 1.57. The van der Waals surface area contributed by atoms with Crippen LogP contribution in [0.5, 0.6) is 5.75 Å². The van der Waals surface area contributed by atoms with Crippen molar-refractivity contribution in [1.29, 1.82) is 0 Å². The molecule has 5 heteroatoms. The molecule has 0 saturated carbocycles. The highest BCUT2D eigenvalue weighted by atomic mass is 16.5. The predicted molar refractivity (Wildman–Crippen MR) is 62.3 cm³/mol. The Bertz CT molecular complexity index is 394. The zero-order valence-electron chi connectivity index (χ0n) is 10.3. The summed E-state index contributed by atoms with van der Waals surface area (Å²) in [5.74, 6) is 0.571. The number of ether oxygens (including phenoxy) is 2. The first-order valence-electron chi connectivity index (χ1n) is 5.93. The molecular formula is C12H18N2O3. The van der Waals surface area contributed by atoms with E-state index in [0.717, 1.165) is 25.9 Å². The van der Waals surface area contributed by atoms with Gasteiger partial charge >= 0.3 is 0 Å². The van der Waals surface area contributed by atoms with Crippen molar-refractivity contribution in [2.24, 2.45) is 7.05 Å². The van der Waals surface area contributed by atoms with Gasteiger partial charge in [0, 0.05) is 20.1 Å². The van der Waals surface area contributed by atoms with E-state index >= 15 is 0 Å². The van der Waals surface area contributed by atoms with E-state index in [4.69, 9.17) is 9.47 Å². The first-order chi connectivity index (χ1) is 8.22. The number of aryl methyl sites for hydroxylation is 1. The Morgan fingerprint density at radius 2 is 2.47 bits per heavy atom. The summed E-state index contributed by atoms with van der Waals surface area (Å²) < 4.78 is 12.3. The highest BCUT2D eigenvalue weighted by Gasteiger charge is 2.23. The number of rotatable bonds is 4. The van der Waals surface area contributed by atoms with E-state index in [-0.39, 0.29) is 11.9 Å². The van der Waals surface area contributed by atoms with Gasteiger partial charge in [-0.05, 0) is 19.3 Å². The number of hydrogen-bond acceptors (Lipinski definition) is 4. The standard InChI is InChI=1S/C12H18N2O3/c1-14-12(11(16-2)8-13-14)10(15)7-9-5-3-4-6-17-9/h8-9H,3-7H2,1-2H3. The van der Waals surface area contributed by atoms with Crippen LogP contribution in [0.4, 0.5) is 0 Å². The Labute approximate surface area is 101 Å². The molecule has 1 aliphatic rings. The minimum Gasteiger partial charge on any atom is -0.493 e. The molecule has 0 bridgehead atoms. The maximum Gasteiger partial charge on any atom is 0.187 e. The maximum atomic E-state index is 12.2. The molecule has 2 heterocycles. The number of carbonyl (C=O) groups is 1. The van der Waals surface area contributed by atoms with Gasteiger partial charge in [-0.1, -0.05) is 0 Å². The Morgan fingerprint density at radius 1 is 1.65 bits per heavy atom. The van der Waals surface area contributed by atoms with E-state index < -0.39 is 0 Å². The molecule has 1 aromatic rings. The van der Waals surface area contributed by atoms with Crippen molar-refractivity contribution in [3.63, 3.8) is 0 Å². The number of aromatic nitrogens is 2. The van der Waals surface area contributed by atoms with Crippen LogP contribution in [-0.2, 0) is 11.8 Å². The van der Waals surface area contributed by atoms with Crippen molar-refractivity contribution in [1.82, 2.24) is 9.78 Å². The average Bonchev–Trinajstić information content (AvgIpc) is 2.71. The van der Waals surface area contributed by atoms with Gasteiger partial charge < -0.3 is 9.47 Å². The molecule has 1 aromatic heterocycles. The lowest BCUT2D eigenvalue weighted by molar-refractivity contribution is 0.0126. The summed E-state index contributed by atoms with van der Waals surface area (Å²) in [6.07, 6.45) is 5.23. The lowest BCUT2D eigenvalue weighted by atomic mass is 10.0. The molecule has 94 valence electrons. The third-order valence-corrected chi connectivity index (χ3v) is 3.08. The van der Waals surface area contributed by atoms with Gasteiger partial charge in [-0.25, -0.2) is 0 Å². The topological polar surface area (TPSA) is 53.4 Å². The second kappa shape index (κ2) is 5.31. The van der Waals surface area contributed by atoms with Crippen molar-refractivity contribution >= 4 is 5.78 Å². The van der Waals surface area contributed by atoms with Gasteiger partial charge in [0.1, 0.15) is 5.69 Å². The summed E-state index contributed by atoms with van der Waals surface area (Å²) in [4.78, 5) is 12.2. The number of ketones is 1. The van der Waals surface area contributed by atoms with Crippen LogP contribution < -0.4 is 4.74 Å². The smallest absolute Gasteiger partial charge is 0.187 e. The second-order valence-electron chi connectivity index (χ2n) is 4.30. The van der Waals surface area contributed by atoms with Crippen LogP contribution in [0.1, 0.15) is 36.2 Å². The molecule has 1 atom stereocenters. The highest BCUT2D eigenvalue weighted by Crippen LogP contribution is 2.22. The Balaban J connectivity index is 2.05. The molecule has 0 spiro atoms. The molecule has 0 aliphatic carbocycles. The number of Topliss-reactive ketones (excluding diaryl/α,β-unsaturated/α-hetero) is 1. The van der Waals surface area contributed by atoms with Crippen LogP contribution in [0.15, 0.2) is 6.20 Å². The number of hydrogen-bond donors (Lipinski definition) is 0. The Hall–Kier alpha value is -1.36. The SMILES string of the molecule is COc1cnn(C)c1C(=O)CC1CCCCO1. The number of nitrogens with zero attached hydrogens (tertiary/aromatic N) is 2. The van der Waals surface area contributed by atoms with Crippen LogP contribution in [0.2, 0.25) is 0 Å². The average molecular weight is 238 g/mol. The summed E-state index contributed by atoms with van der Waals surface area (Å²) in [6.45, 7) is 0.764. The first-order valence-corrected chi connectivity index (χ1v) is 5.93. The number of methoxy groups -OCH3 is 1. The van der Waals surface area contributed by atoms with Crippen molar-refractivity contribution < 1.29 is 14.3 Å². The molecule has 17 heavy (non-hydrogen) atoms. The Kier molecular flexibility index (Phi) is 3.78. The van der Waals surface area contributed by atoms with Crippen molar-refractivity contribution in [3.8, 4) is 5.75 Å². The summed E-state index contributed by atoms with van der Waals surface area (Å²) in [5, 5.41) is 4.03. The van der Waals surface area contributed by atoms with Crippen molar-refractivity contribution in [3.05, 3.63) is 11.9 Å². The molecule has 2 rings (SSSR count). The van der Waals surface area contributed by atoms with Crippen LogP contribution in [0.25, 0.3) is 0 Å². The Morgan fingerprint density at radius 3 is 3.12 bits per heavy atom. The second-order valence-corrected chi connectivity index (χ2v) is 4.30. The minimum absolute atomic E-state index is 0.0359. The van der Waals surface area contributed by atoms with Crippen LogP contribution >= 0.6 is 0 Å². The lowest BCUT2D eigenvalue weighted by Gasteiger charge is -2.21. The van der Waals surface area contributed by atoms with Crippen LogP contribution in [0.3, 0.4) is 0 Å². The zero-order valence-corrected chi connectivity index (χ0v) is 10.3. The monoisotopic (exact) mass is 238 g/mol. The van der Waals surface area contributed by atoms with E-state index in [1.807, 2.05) is 0 Å². The van der Waals surface area contributed by atoms with Crippen molar-refractivity contribution in [2.75, 3.05) is 13.7 Å². The molecule has 0 N–H and O–H groups in total. The van der Waals surface area contributed by atoms with Gasteiger partial charge in [0.2, 0.25) is 0 Å². The molecule has 1 aliphatic heterocycles. The molecular weight excluding hydrogens is 220 g/mol. The highest BCUT2D eigenvalue weighted by molar-refractivity contribution is 5.97. The third-order valence-electron chi connectivity index (χ3n) is 3.08. The quantitative estimate of drug-likeness (QED) is 0.747. The van der Waals surface area contributed by atoms with Gasteiger partial charge in [0.15, 0.2) is 11.5 Å². The number of carbonyl (C=O) groups excluding carboxylic acids is 1. The molecule has 1 saturated heterocycles. The van der Waals surface area contributed by atoms with Crippen LogP contribution in [0, 0.1) is 0 Å². The zero-order chi connectivity index (χ0) is 12.3. The largest absolute Gasteiger partial charge is 0.493 e. The van der Waals surface area contributed by atoms with E-state index in [0.29, 0.717) is 17.9 Å². The lowest BCUT2D eigenvalue weighted by Crippen LogP contribution is -2.23. The van der Waals surface area contributed by atoms with E-state index in [9.17, 15) is 4.79 Å². The van der Waals surface area contributed by atoms with E-state index in [2.05, 4.69) is 5.10 Å². The molecule has 5 nitrogen and oxygen atoms in total. The van der Waals surface area contributed by atoms with Crippen LogP contribution in [-0.4, -0.2) is 35.4 Å². The minimum atomic E-state index is 0.0359. The van der Waals surface area contributed by atoms with Gasteiger partial charge in [-0.3, -0.25) is 9.48 Å². The summed E-state index contributed by atoms with van der Waals surface area (Å²) >= 11 is 0.